The number of hydrogen-bond acceptors (Lipinski definition) is 2. The Balaban J connectivity index is 2.31. The van der Waals surface area contributed by atoms with Gasteiger partial charge in [-0.2, -0.15) is 5.10 Å². The number of hydrogen-bond donors (Lipinski definition) is 1. The molecule has 0 aliphatic rings. The lowest BCUT2D eigenvalue weighted by Crippen LogP contribution is -2.22. The fourth-order valence-corrected chi connectivity index (χ4v) is 2.30. The number of nitrogens with one attached hydrogen (secondary N) is 1. The summed E-state index contributed by atoms with van der Waals surface area (Å²) in [6.45, 7) is 13.7. The summed E-state index contributed by atoms with van der Waals surface area (Å²) in [5.74, 6) is 0. The lowest BCUT2D eigenvalue weighted by molar-refractivity contribution is 0.587. The van der Waals surface area contributed by atoms with Gasteiger partial charge >= 0.3 is 0 Å². The van der Waals surface area contributed by atoms with Crippen LogP contribution in [-0.4, -0.2) is 15.8 Å². The van der Waals surface area contributed by atoms with Crippen LogP contribution in [0.2, 0.25) is 0 Å². The number of nitrogens with zero attached hydrogens (tertiary/aromatic N) is 2. The van der Waals surface area contributed by atoms with E-state index in [0.717, 1.165) is 17.9 Å². The Bertz CT molecular complexity index is 609. The molecule has 2 rings (SSSR count). The van der Waals surface area contributed by atoms with Crippen LogP contribution in [0.25, 0.3) is 5.69 Å². The Labute approximate surface area is 122 Å². The van der Waals surface area contributed by atoms with Crippen LogP contribution in [0.4, 0.5) is 0 Å². The SMILES string of the molecule is Cc1cc(-n2nc(C)c(C)c2C)ccc1CNC(C)C. The molecule has 0 fully saturated rings. The molecule has 1 N–H and O–H groups in total. The Hall–Kier alpha value is -1.61. The largest absolute Gasteiger partial charge is 0.310 e. The fraction of sp³-hybridized carbons (Fsp3) is 0.471. The van der Waals surface area contributed by atoms with Gasteiger partial charge in [-0.3, -0.25) is 0 Å². The molecule has 0 bridgehead atoms. The van der Waals surface area contributed by atoms with Gasteiger partial charge in [-0.25, -0.2) is 4.68 Å². The van der Waals surface area contributed by atoms with Crippen molar-refractivity contribution in [3.63, 3.8) is 0 Å². The molecule has 1 heterocycles. The van der Waals surface area contributed by atoms with Gasteiger partial charge in [-0.1, -0.05) is 19.9 Å². The third kappa shape index (κ3) is 2.93. The van der Waals surface area contributed by atoms with E-state index in [1.165, 1.54) is 22.4 Å². The van der Waals surface area contributed by atoms with E-state index in [1.54, 1.807) is 0 Å². The van der Waals surface area contributed by atoms with Gasteiger partial charge in [0.25, 0.3) is 0 Å². The van der Waals surface area contributed by atoms with Gasteiger partial charge in [0.05, 0.1) is 11.4 Å². The highest BCUT2D eigenvalue weighted by Gasteiger charge is 2.10. The van der Waals surface area contributed by atoms with E-state index in [0.29, 0.717) is 6.04 Å². The Morgan fingerprint density at radius 1 is 1.15 bits per heavy atom. The average Bonchev–Trinajstić information content (AvgIpc) is 2.65. The van der Waals surface area contributed by atoms with Gasteiger partial charge in [0, 0.05) is 18.3 Å². The van der Waals surface area contributed by atoms with E-state index in [2.05, 4.69) is 70.2 Å². The van der Waals surface area contributed by atoms with Crippen LogP contribution in [0, 0.1) is 27.7 Å². The normalized spacial score (nSPS) is 11.3. The van der Waals surface area contributed by atoms with Crippen molar-refractivity contribution < 1.29 is 0 Å². The van der Waals surface area contributed by atoms with Crippen LogP contribution in [0.3, 0.4) is 0 Å². The molecule has 0 spiro atoms. The molecule has 0 atom stereocenters. The van der Waals surface area contributed by atoms with Gasteiger partial charge in [-0.15, -0.1) is 0 Å². The maximum atomic E-state index is 4.63. The third-order valence-electron chi connectivity index (χ3n) is 3.92. The van der Waals surface area contributed by atoms with Crippen LogP contribution >= 0.6 is 0 Å². The molecule has 0 aliphatic heterocycles. The molecule has 1 aromatic heterocycles. The van der Waals surface area contributed by atoms with Crippen LogP contribution in [0.15, 0.2) is 18.2 Å². The first-order chi connectivity index (χ1) is 9.40. The van der Waals surface area contributed by atoms with Crippen molar-refractivity contribution in [1.29, 1.82) is 0 Å². The van der Waals surface area contributed by atoms with Crippen molar-refractivity contribution in [3.8, 4) is 5.69 Å². The summed E-state index contributed by atoms with van der Waals surface area (Å²) >= 11 is 0. The first-order valence-electron chi connectivity index (χ1n) is 7.26. The van der Waals surface area contributed by atoms with Crippen molar-refractivity contribution in [1.82, 2.24) is 15.1 Å². The van der Waals surface area contributed by atoms with E-state index in [1.807, 2.05) is 4.68 Å². The Morgan fingerprint density at radius 3 is 2.35 bits per heavy atom. The highest BCUT2D eigenvalue weighted by molar-refractivity contribution is 5.42. The minimum absolute atomic E-state index is 0.507. The molecule has 20 heavy (non-hydrogen) atoms. The summed E-state index contributed by atoms with van der Waals surface area (Å²) in [6.07, 6.45) is 0. The standard InChI is InChI=1S/C17H25N3/c1-11(2)18-10-16-7-8-17(9-12(16)3)20-15(6)13(4)14(5)19-20/h7-9,11,18H,10H2,1-6H3. The number of aromatic nitrogens is 2. The second-order valence-corrected chi connectivity index (χ2v) is 5.85. The van der Waals surface area contributed by atoms with Crippen molar-refractivity contribution in [3.05, 3.63) is 46.3 Å². The maximum Gasteiger partial charge on any atom is 0.0651 e. The maximum absolute atomic E-state index is 4.63. The van der Waals surface area contributed by atoms with Crippen molar-refractivity contribution in [2.75, 3.05) is 0 Å². The van der Waals surface area contributed by atoms with Gasteiger partial charge < -0.3 is 5.32 Å². The van der Waals surface area contributed by atoms with E-state index >= 15 is 0 Å². The summed E-state index contributed by atoms with van der Waals surface area (Å²) in [4.78, 5) is 0. The Kier molecular flexibility index (Phi) is 4.29. The molecular formula is C17H25N3. The highest BCUT2D eigenvalue weighted by atomic mass is 15.3. The predicted octanol–water partition coefficient (Wildman–Crippen LogP) is 3.60. The fourth-order valence-electron chi connectivity index (χ4n) is 2.30. The summed E-state index contributed by atoms with van der Waals surface area (Å²) in [6, 6.07) is 7.08. The Morgan fingerprint density at radius 2 is 1.85 bits per heavy atom. The van der Waals surface area contributed by atoms with Crippen LogP contribution in [0.1, 0.15) is 41.9 Å². The third-order valence-corrected chi connectivity index (χ3v) is 3.92. The molecule has 2 aromatic rings. The molecule has 3 nitrogen and oxygen atoms in total. The van der Waals surface area contributed by atoms with Crippen molar-refractivity contribution in [2.45, 2.75) is 54.1 Å². The molecule has 1 aromatic carbocycles. The minimum Gasteiger partial charge on any atom is -0.310 e. The number of aryl methyl sites for hydroxylation is 2. The first kappa shape index (κ1) is 14.8. The lowest BCUT2D eigenvalue weighted by Gasteiger charge is -2.12. The van der Waals surface area contributed by atoms with Gasteiger partial charge in [0.15, 0.2) is 0 Å². The van der Waals surface area contributed by atoms with Gasteiger partial charge in [-0.05, 0) is 56.5 Å². The van der Waals surface area contributed by atoms with Crippen molar-refractivity contribution in [2.24, 2.45) is 0 Å². The zero-order chi connectivity index (χ0) is 14.9. The first-order valence-corrected chi connectivity index (χ1v) is 7.26. The molecule has 0 saturated heterocycles. The van der Waals surface area contributed by atoms with E-state index < -0.39 is 0 Å². The van der Waals surface area contributed by atoms with E-state index in [9.17, 15) is 0 Å². The van der Waals surface area contributed by atoms with Crippen molar-refractivity contribution >= 4 is 0 Å². The quantitative estimate of drug-likeness (QED) is 0.920. The number of rotatable bonds is 4. The molecular weight excluding hydrogens is 246 g/mol. The molecule has 0 saturated carbocycles. The van der Waals surface area contributed by atoms with Crippen LogP contribution in [-0.2, 0) is 6.54 Å². The highest BCUT2D eigenvalue weighted by Crippen LogP contribution is 2.19. The summed E-state index contributed by atoms with van der Waals surface area (Å²) in [5, 5.41) is 8.09. The van der Waals surface area contributed by atoms with E-state index in [-0.39, 0.29) is 0 Å². The van der Waals surface area contributed by atoms with Crippen LogP contribution in [0.5, 0.6) is 0 Å². The van der Waals surface area contributed by atoms with E-state index in [4.69, 9.17) is 0 Å². The summed E-state index contributed by atoms with van der Waals surface area (Å²) in [7, 11) is 0. The lowest BCUT2D eigenvalue weighted by atomic mass is 10.1. The molecule has 108 valence electrons. The molecule has 0 radical (unpaired) electrons. The predicted molar refractivity (Wildman–Crippen MR) is 84.5 cm³/mol. The van der Waals surface area contributed by atoms with Crippen LogP contribution < -0.4 is 5.32 Å². The summed E-state index contributed by atoms with van der Waals surface area (Å²) in [5.41, 5.74) is 7.39. The zero-order valence-electron chi connectivity index (χ0n) is 13.4. The van der Waals surface area contributed by atoms with Gasteiger partial charge in [0.2, 0.25) is 0 Å². The zero-order valence-corrected chi connectivity index (χ0v) is 13.4. The summed E-state index contributed by atoms with van der Waals surface area (Å²) < 4.78 is 2.04. The minimum atomic E-state index is 0.507. The number of benzene rings is 1. The van der Waals surface area contributed by atoms with Gasteiger partial charge in [0.1, 0.15) is 0 Å². The smallest absolute Gasteiger partial charge is 0.0651 e. The average molecular weight is 271 g/mol. The monoisotopic (exact) mass is 271 g/mol. The second kappa shape index (κ2) is 5.80. The molecule has 0 aliphatic carbocycles. The second-order valence-electron chi connectivity index (χ2n) is 5.85. The molecule has 0 unspecified atom stereocenters. The molecule has 0 amide bonds. The topological polar surface area (TPSA) is 29.9 Å². The molecule has 3 heteroatoms.